The van der Waals surface area contributed by atoms with Gasteiger partial charge in [0.1, 0.15) is 5.82 Å². The van der Waals surface area contributed by atoms with Gasteiger partial charge in [-0.2, -0.15) is 0 Å². The summed E-state index contributed by atoms with van der Waals surface area (Å²) in [6.45, 7) is 0.219. The number of halogens is 4. The number of aldehydes is 1. The van der Waals surface area contributed by atoms with E-state index in [0.717, 1.165) is 12.1 Å². The van der Waals surface area contributed by atoms with Gasteiger partial charge in [0.15, 0.2) is 17.9 Å². The van der Waals surface area contributed by atoms with Crippen LogP contribution in [0.2, 0.25) is 0 Å². The quantitative estimate of drug-likeness (QED) is 0.524. The van der Waals surface area contributed by atoms with Crippen LogP contribution in [-0.2, 0) is 4.84 Å². The summed E-state index contributed by atoms with van der Waals surface area (Å²) < 4.78 is 40.9. The lowest BCUT2D eigenvalue weighted by Crippen LogP contribution is -2.03. The Morgan fingerprint density at radius 1 is 1.21 bits per heavy atom. The molecule has 130 valence electrons. The number of aliphatic hydroxyl groups is 1. The van der Waals surface area contributed by atoms with Crippen molar-refractivity contribution < 1.29 is 27.9 Å². The molecule has 0 amide bonds. The monoisotopic (exact) mass is 406 g/mol. The Bertz CT molecular complexity index is 700. The maximum absolute atomic E-state index is 13.6. The zero-order chi connectivity index (χ0) is 18.1. The first-order valence-electron chi connectivity index (χ1n) is 6.52. The SMILES string of the molecule is NOCCO.O=Cc1ccc(F)c(F)c1Nc1ccc(Br)cc1F. The molecule has 0 aliphatic heterocycles. The van der Waals surface area contributed by atoms with Crippen molar-refractivity contribution >= 4 is 33.6 Å². The number of hydrogen-bond acceptors (Lipinski definition) is 5. The number of nitrogens with one attached hydrogen (secondary N) is 1. The van der Waals surface area contributed by atoms with Crippen molar-refractivity contribution in [2.75, 3.05) is 18.5 Å². The maximum Gasteiger partial charge on any atom is 0.182 e. The average Bonchev–Trinajstić information content (AvgIpc) is 2.55. The Labute approximate surface area is 144 Å². The van der Waals surface area contributed by atoms with Gasteiger partial charge in [-0.05, 0) is 30.3 Å². The molecule has 0 atom stereocenters. The summed E-state index contributed by atoms with van der Waals surface area (Å²) >= 11 is 3.08. The highest BCUT2D eigenvalue weighted by atomic mass is 79.9. The van der Waals surface area contributed by atoms with Gasteiger partial charge in [-0.3, -0.25) is 4.79 Å². The first-order chi connectivity index (χ1) is 11.4. The molecule has 24 heavy (non-hydrogen) atoms. The lowest BCUT2D eigenvalue weighted by Gasteiger charge is -2.11. The van der Waals surface area contributed by atoms with Crippen molar-refractivity contribution in [2.24, 2.45) is 5.90 Å². The standard InChI is InChI=1S/C13H7BrF3NO.C2H7NO2/c14-8-2-4-11(10(16)5-8)18-13-7(6-19)1-3-9(15)12(13)17;3-5-2-1-4/h1-6,18H;4H,1-3H2. The Morgan fingerprint density at radius 3 is 2.42 bits per heavy atom. The van der Waals surface area contributed by atoms with Crippen LogP contribution in [0.5, 0.6) is 0 Å². The summed E-state index contributed by atoms with van der Waals surface area (Å²) in [5.74, 6) is 1.47. The minimum absolute atomic E-state index is 0.00347. The lowest BCUT2D eigenvalue weighted by atomic mass is 10.1. The second-order valence-electron chi connectivity index (χ2n) is 4.29. The molecular formula is C15H14BrF3N2O3. The molecule has 9 heteroatoms. The van der Waals surface area contributed by atoms with E-state index in [0.29, 0.717) is 10.8 Å². The van der Waals surface area contributed by atoms with E-state index in [1.54, 1.807) is 0 Å². The zero-order valence-electron chi connectivity index (χ0n) is 12.2. The third kappa shape index (κ3) is 5.60. The van der Waals surface area contributed by atoms with E-state index in [2.05, 4.69) is 32.0 Å². The van der Waals surface area contributed by atoms with Gasteiger partial charge in [0.25, 0.3) is 0 Å². The molecule has 0 aliphatic rings. The van der Waals surface area contributed by atoms with Gasteiger partial charge in [0.05, 0.1) is 24.6 Å². The van der Waals surface area contributed by atoms with Crippen molar-refractivity contribution in [1.29, 1.82) is 0 Å². The van der Waals surface area contributed by atoms with Gasteiger partial charge < -0.3 is 15.3 Å². The van der Waals surface area contributed by atoms with Crippen LogP contribution in [0.4, 0.5) is 24.5 Å². The number of anilines is 2. The molecule has 0 bridgehead atoms. The number of carbonyl (C=O) groups is 1. The Kier molecular flexibility index (Phi) is 8.41. The molecule has 0 radical (unpaired) electrons. The van der Waals surface area contributed by atoms with Crippen molar-refractivity contribution in [3.63, 3.8) is 0 Å². The molecule has 0 unspecified atom stereocenters. The van der Waals surface area contributed by atoms with Gasteiger partial charge >= 0.3 is 0 Å². The minimum atomic E-state index is -1.23. The number of carbonyl (C=O) groups excluding carboxylic acids is 1. The second-order valence-corrected chi connectivity index (χ2v) is 5.20. The van der Waals surface area contributed by atoms with E-state index in [1.807, 2.05) is 0 Å². The van der Waals surface area contributed by atoms with E-state index in [1.165, 1.54) is 18.2 Å². The summed E-state index contributed by atoms with van der Waals surface area (Å²) in [6, 6.07) is 5.99. The van der Waals surface area contributed by atoms with Crippen LogP contribution in [0.1, 0.15) is 10.4 Å². The molecule has 0 aliphatic carbocycles. The van der Waals surface area contributed by atoms with Crippen molar-refractivity contribution in [1.82, 2.24) is 0 Å². The summed E-state index contributed by atoms with van der Waals surface area (Å²) in [4.78, 5) is 14.7. The normalized spacial score (nSPS) is 9.92. The first kappa shape index (κ1) is 20.1. The third-order valence-corrected chi connectivity index (χ3v) is 3.15. The molecular weight excluding hydrogens is 393 g/mol. The number of rotatable bonds is 5. The molecule has 0 spiro atoms. The Balaban J connectivity index is 0.000000505. The molecule has 2 aromatic rings. The second kappa shape index (κ2) is 10.0. The molecule has 0 heterocycles. The van der Waals surface area contributed by atoms with Crippen molar-refractivity contribution in [2.45, 2.75) is 0 Å². The maximum atomic E-state index is 13.6. The molecule has 0 saturated carbocycles. The van der Waals surface area contributed by atoms with Crippen LogP contribution >= 0.6 is 15.9 Å². The van der Waals surface area contributed by atoms with Crippen molar-refractivity contribution in [3.05, 3.63) is 57.8 Å². The highest BCUT2D eigenvalue weighted by Gasteiger charge is 2.15. The van der Waals surface area contributed by atoms with Gasteiger partial charge in [-0.1, -0.05) is 15.9 Å². The Morgan fingerprint density at radius 2 is 1.92 bits per heavy atom. The van der Waals surface area contributed by atoms with Crippen LogP contribution < -0.4 is 11.2 Å². The largest absolute Gasteiger partial charge is 0.394 e. The summed E-state index contributed by atoms with van der Waals surface area (Å²) in [6.07, 6.45) is 0.363. The highest BCUT2D eigenvalue weighted by molar-refractivity contribution is 9.10. The smallest absolute Gasteiger partial charge is 0.182 e. The number of nitrogens with two attached hydrogens (primary N) is 1. The highest BCUT2D eigenvalue weighted by Crippen LogP contribution is 2.28. The molecule has 2 aromatic carbocycles. The molecule has 2 rings (SSSR count). The first-order valence-corrected chi connectivity index (χ1v) is 7.31. The van der Waals surface area contributed by atoms with Crippen LogP contribution in [0.25, 0.3) is 0 Å². The summed E-state index contributed by atoms with van der Waals surface area (Å²) in [5, 5.41) is 10.2. The van der Waals surface area contributed by atoms with E-state index in [4.69, 9.17) is 5.11 Å². The van der Waals surface area contributed by atoms with Gasteiger partial charge in [0, 0.05) is 10.0 Å². The molecule has 0 aromatic heterocycles. The summed E-state index contributed by atoms with van der Waals surface area (Å²) in [5.41, 5.74) is -0.548. The molecule has 0 saturated heterocycles. The number of hydrogen-bond donors (Lipinski definition) is 3. The van der Waals surface area contributed by atoms with E-state index in [-0.39, 0.29) is 24.5 Å². The molecule has 4 N–H and O–H groups in total. The van der Waals surface area contributed by atoms with Gasteiger partial charge in [-0.15, -0.1) is 0 Å². The van der Waals surface area contributed by atoms with E-state index in [9.17, 15) is 18.0 Å². The third-order valence-electron chi connectivity index (χ3n) is 2.65. The molecule has 5 nitrogen and oxygen atoms in total. The fourth-order valence-electron chi connectivity index (χ4n) is 1.57. The Hall–Kier alpha value is -1.94. The predicted molar refractivity (Wildman–Crippen MR) is 86.4 cm³/mol. The van der Waals surface area contributed by atoms with Crippen LogP contribution in [0.3, 0.4) is 0 Å². The fraction of sp³-hybridized carbons (Fsp3) is 0.133. The lowest BCUT2D eigenvalue weighted by molar-refractivity contribution is 0.0938. The average molecular weight is 407 g/mol. The topological polar surface area (TPSA) is 84.6 Å². The van der Waals surface area contributed by atoms with Crippen LogP contribution in [-0.4, -0.2) is 24.6 Å². The predicted octanol–water partition coefficient (Wildman–Crippen LogP) is 3.29. The van der Waals surface area contributed by atoms with Gasteiger partial charge in [-0.25, -0.2) is 19.1 Å². The van der Waals surface area contributed by atoms with E-state index >= 15 is 0 Å². The summed E-state index contributed by atoms with van der Waals surface area (Å²) in [7, 11) is 0. The van der Waals surface area contributed by atoms with Crippen molar-refractivity contribution in [3.8, 4) is 0 Å². The minimum Gasteiger partial charge on any atom is -0.394 e. The number of benzene rings is 2. The molecule has 0 fully saturated rings. The van der Waals surface area contributed by atoms with Gasteiger partial charge in [0.2, 0.25) is 0 Å². The number of aliphatic hydroxyl groups excluding tert-OH is 1. The van der Waals surface area contributed by atoms with Crippen LogP contribution in [0.15, 0.2) is 34.8 Å². The van der Waals surface area contributed by atoms with Crippen LogP contribution in [0, 0.1) is 17.5 Å². The zero-order valence-corrected chi connectivity index (χ0v) is 13.8. The van der Waals surface area contributed by atoms with E-state index < -0.39 is 23.1 Å². The fourth-order valence-corrected chi connectivity index (χ4v) is 1.90.